The van der Waals surface area contributed by atoms with E-state index in [1.807, 2.05) is 13.8 Å². The van der Waals surface area contributed by atoms with Crippen LogP contribution in [-0.4, -0.2) is 36.0 Å². The molecule has 0 aliphatic rings. The second-order valence-corrected chi connectivity index (χ2v) is 3.80. The molecule has 68 valence electrons. The molecule has 0 unspecified atom stereocenters. The zero-order valence-electron chi connectivity index (χ0n) is 7.59. The van der Waals surface area contributed by atoms with Gasteiger partial charge in [0.25, 0.3) is 0 Å². The first-order valence-electron chi connectivity index (χ1n) is 3.97. The summed E-state index contributed by atoms with van der Waals surface area (Å²) in [5, 5.41) is 20.8. The molecule has 0 radical (unpaired) electrons. The van der Waals surface area contributed by atoms with Crippen LogP contribution in [0.25, 0.3) is 0 Å². The summed E-state index contributed by atoms with van der Waals surface area (Å²) in [6, 6.07) is 0. The molecule has 0 bridgehead atoms. The van der Waals surface area contributed by atoms with E-state index in [9.17, 15) is 0 Å². The Morgan fingerprint density at radius 3 is 2.36 bits per heavy atom. The Labute approximate surface area is 68.4 Å². The van der Waals surface area contributed by atoms with Crippen molar-refractivity contribution in [3.8, 4) is 0 Å². The van der Waals surface area contributed by atoms with Gasteiger partial charge in [-0.05, 0) is 6.92 Å². The zero-order chi connectivity index (χ0) is 8.91. The molecule has 0 heterocycles. The molecule has 0 aromatic carbocycles. The van der Waals surface area contributed by atoms with Gasteiger partial charge in [-0.15, -0.1) is 0 Å². The molecule has 0 fully saturated rings. The van der Waals surface area contributed by atoms with Gasteiger partial charge in [0, 0.05) is 25.1 Å². The average Bonchev–Trinajstić information content (AvgIpc) is 1.87. The van der Waals surface area contributed by atoms with Crippen LogP contribution in [0.5, 0.6) is 0 Å². The van der Waals surface area contributed by atoms with E-state index < -0.39 is 0 Å². The second-order valence-electron chi connectivity index (χ2n) is 3.80. The van der Waals surface area contributed by atoms with E-state index in [-0.39, 0.29) is 18.1 Å². The van der Waals surface area contributed by atoms with Gasteiger partial charge in [-0.3, -0.25) is 0 Å². The highest BCUT2D eigenvalue weighted by Gasteiger charge is 2.15. The van der Waals surface area contributed by atoms with Gasteiger partial charge in [-0.2, -0.15) is 0 Å². The van der Waals surface area contributed by atoms with Crippen molar-refractivity contribution in [3.63, 3.8) is 0 Å². The normalized spacial score (nSPS) is 15.0. The molecule has 11 heavy (non-hydrogen) atoms. The summed E-state index contributed by atoms with van der Waals surface area (Å²) in [5.74, 6) is 0. The monoisotopic (exact) mass is 161 g/mol. The topological polar surface area (TPSA) is 52.5 Å². The van der Waals surface area contributed by atoms with Crippen LogP contribution >= 0.6 is 0 Å². The van der Waals surface area contributed by atoms with Crippen LogP contribution < -0.4 is 5.32 Å². The van der Waals surface area contributed by atoms with Crippen molar-refractivity contribution in [1.82, 2.24) is 5.32 Å². The highest BCUT2D eigenvalue weighted by atomic mass is 16.3. The summed E-state index contributed by atoms with van der Waals surface area (Å²) in [7, 11) is 0. The molecule has 0 rings (SSSR count). The van der Waals surface area contributed by atoms with Crippen molar-refractivity contribution in [2.45, 2.75) is 26.9 Å². The predicted octanol–water partition coefficient (Wildman–Crippen LogP) is -0.0247. The standard InChI is InChI=1S/C8H19NO2/c1-7(11)4-9-5-8(2,3)6-10/h7,9-11H,4-6H2,1-3H3/t7-/m0/s1. The first kappa shape index (κ1) is 10.9. The fourth-order valence-electron chi connectivity index (χ4n) is 0.675. The summed E-state index contributed by atoms with van der Waals surface area (Å²) < 4.78 is 0. The minimum absolute atomic E-state index is 0.0884. The highest BCUT2D eigenvalue weighted by Crippen LogP contribution is 2.10. The summed E-state index contributed by atoms with van der Waals surface area (Å²) in [6.07, 6.45) is -0.315. The number of aliphatic hydroxyl groups excluding tert-OH is 2. The summed E-state index contributed by atoms with van der Waals surface area (Å²) in [4.78, 5) is 0. The lowest BCUT2D eigenvalue weighted by Crippen LogP contribution is -2.35. The lowest BCUT2D eigenvalue weighted by Gasteiger charge is -2.22. The number of hydrogen-bond donors (Lipinski definition) is 3. The molecule has 0 saturated carbocycles. The first-order valence-corrected chi connectivity index (χ1v) is 3.97. The molecule has 0 saturated heterocycles. The Morgan fingerprint density at radius 1 is 1.45 bits per heavy atom. The molecule has 3 N–H and O–H groups in total. The van der Waals surface area contributed by atoms with Gasteiger partial charge >= 0.3 is 0 Å². The Bertz CT molecular complexity index is 102. The lowest BCUT2D eigenvalue weighted by atomic mass is 9.95. The van der Waals surface area contributed by atoms with Gasteiger partial charge in [0.2, 0.25) is 0 Å². The fourth-order valence-corrected chi connectivity index (χ4v) is 0.675. The molecule has 0 amide bonds. The highest BCUT2D eigenvalue weighted by molar-refractivity contribution is 4.70. The molecule has 0 aromatic rings. The average molecular weight is 161 g/mol. The first-order chi connectivity index (χ1) is 4.98. The molecule has 0 aliphatic heterocycles. The van der Waals surface area contributed by atoms with Crippen molar-refractivity contribution in [2.24, 2.45) is 5.41 Å². The SMILES string of the molecule is C[C@H](O)CNCC(C)(C)CO. The van der Waals surface area contributed by atoms with Crippen LogP contribution in [0.3, 0.4) is 0 Å². The molecular weight excluding hydrogens is 142 g/mol. The van der Waals surface area contributed by atoms with Crippen molar-refractivity contribution in [1.29, 1.82) is 0 Å². The Kier molecular flexibility index (Phi) is 4.65. The largest absolute Gasteiger partial charge is 0.396 e. The number of hydrogen-bond acceptors (Lipinski definition) is 3. The lowest BCUT2D eigenvalue weighted by molar-refractivity contribution is 0.143. The van der Waals surface area contributed by atoms with Crippen molar-refractivity contribution in [2.75, 3.05) is 19.7 Å². The third kappa shape index (κ3) is 6.28. The fraction of sp³-hybridized carbons (Fsp3) is 1.00. The van der Waals surface area contributed by atoms with E-state index >= 15 is 0 Å². The van der Waals surface area contributed by atoms with Crippen LogP contribution in [0.1, 0.15) is 20.8 Å². The van der Waals surface area contributed by atoms with E-state index in [2.05, 4.69) is 5.32 Å². The second kappa shape index (κ2) is 4.70. The molecular formula is C8H19NO2. The van der Waals surface area contributed by atoms with Gasteiger partial charge in [0.15, 0.2) is 0 Å². The maximum atomic E-state index is 8.90. The molecule has 3 heteroatoms. The number of aliphatic hydroxyl groups is 2. The maximum absolute atomic E-state index is 8.90. The Balaban J connectivity index is 3.38. The molecule has 0 spiro atoms. The van der Waals surface area contributed by atoms with Gasteiger partial charge in [0.05, 0.1) is 6.10 Å². The van der Waals surface area contributed by atoms with E-state index in [1.165, 1.54) is 0 Å². The number of rotatable bonds is 5. The minimum atomic E-state index is -0.315. The van der Waals surface area contributed by atoms with Crippen molar-refractivity contribution in [3.05, 3.63) is 0 Å². The van der Waals surface area contributed by atoms with E-state index in [1.54, 1.807) is 6.92 Å². The maximum Gasteiger partial charge on any atom is 0.0636 e. The van der Waals surface area contributed by atoms with E-state index in [0.29, 0.717) is 6.54 Å². The van der Waals surface area contributed by atoms with E-state index in [4.69, 9.17) is 10.2 Å². The third-order valence-corrected chi connectivity index (χ3v) is 1.47. The third-order valence-electron chi connectivity index (χ3n) is 1.47. The molecule has 0 aromatic heterocycles. The molecule has 1 atom stereocenters. The van der Waals surface area contributed by atoms with Gasteiger partial charge in [-0.25, -0.2) is 0 Å². The van der Waals surface area contributed by atoms with Crippen LogP contribution in [-0.2, 0) is 0 Å². The quantitative estimate of drug-likeness (QED) is 0.531. The van der Waals surface area contributed by atoms with Crippen molar-refractivity contribution >= 4 is 0 Å². The van der Waals surface area contributed by atoms with Gasteiger partial charge < -0.3 is 15.5 Å². The van der Waals surface area contributed by atoms with E-state index in [0.717, 1.165) is 6.54 Å². The van der Waals surface area contributed by atoms with Gasteiger partial charge in [-0.1, -0.05) is 13.8 Å². The van der Waals surface area contributed by atoms with Gasteiger partial charge in [0.1, 0.15) is 0 Å². The predicted molar refractivity (Wildman–Crippen MR) is 45.4 cm³/mol. The van der Waals surface area contributed by atoms with Crippen LogP contribution in [0, 0.1) is 5.41 Å². The molecule has 3 nitrogen and oxygen atoms in total. The van der Waals surface area contributed by atoms with Crippen LogP contribution in [0.15, 0.2) is 0 Å². The Hall–Kier alpha value is -0.120. The number of nitrogens with one attached hydrogen (secondary N) is 1. The smallest absolute Gasteiger partial charge is 0.0636 e. The summed E-state index contributed by atoms with van der Waals surface area (Å²) in [5.41, 5.74) is -0.0884. The van der Waals surface area contributed by atoms with Crippen molar-refractivity contribution < 1.29 is 10.2 Å². The summed E-state index contributed by atoms with van der Waals surface area (Å²) in [6.45, 7) is 7.17. The van der Waals surface area contributed by atoms with Crippen LogP contribution in [0.2, 0.25) is 0 Å². The van der Waals surface area contributed by atoms with Crippen LogP contribution in [0.4, 0.5) is 0 Å². The molecule has 0 aliphatic carbocycles. The zero-order valence-corrected chi connectivity index (χ0v) is 7.59. The Morgan fingerprint density at radius 2 is 2.00 bits per heavy atom. The minimum Gasteiger partial charge on any atom is -0.396 e. The summed E-state index contributed by atoms with van der Waals surface area (Å²) >= 11 is 0.